The van der Waals surface area contributed by atoms with Gasteiger partial charge in [-0.25, -0.2) is 13.8 Å². The summed E-state index contributed by atoms with van der Waals surface area (Å²) < 4.78 is 69.7. The highest BCUT2D eigenvalue weighted by Crippen LogP contribution is 2.50. The van der Waals surface area contributed by atoms with Gasteiger partial charge in [0, 0.05) is 29.6 Å². The summed E-state index contributed by atoms with van der Waals surface area (Å²) >= 11 is 0. The van der Waals surface area contributed by atoms with Crippen molar-refractivity contribution in [2.75, 3.05) is 5.32 Å². The molecule has 2 nitrogen and oxygen atoms in total. The Labute approximate surface area is 164 Å². The maximum Gasteiger partial charge on any atom is 0.420 e. The highest BCUT2D eigenvalue weighted by molar-refractivity contribution is 5.88. The monoisotopic (exact) mass is 406 g/mol. The average Bonchev–Trinajstić information content (AvgIpc) is 3.50. The minimum atomic E-state index is -4.58. The first-order chi connectivity index (χ1) is 13.7. The van der Waals surface area contributed by atoms with Crippen LogP contribution in [0.3, 0.4) is 0 Å². The highest BCUT2D eigenvalue weighted by atomic mass is 19.4. The fourth-order valence-corrected chi connectivity index (χ4v) is 3.65. The fraction of sp³-hybridized carbons (Fsp3) is 0.318. The molecule has 1 saturated carbocycles. The van der Waals surface area contributed by atoms with E-state index in [9.17, 15) is 22.0 Å². The van der Waals surface area contributed by atoms with Gasteiger partial charge in [0.05, 0.1) is 0 Å². The first-order valence-corrected chi connectivity index (χ1v) is 9.34. The van der Waals surface area contributed by atoms with Crippen LogP contribution in [0, 0.1) is 12.8 Å². The van der Waals surface area contributed by atoms with Gasteiger partial charge in [0.2, 0.25) is 0 Å². The normalized spacial score (nSPS) is 15.0. The van der Waals surface area contributed by atoms with Crippen LogP contribution < -0.4 is 5.32 Å². The van der Waals surface area contributed by atoms with Gasteiger partial charge in [-0.3, -0.25) is 0 Å². The van der Waals surface area contributed by atoms with E-state index in [1.165, 1.54) is 24.4 Å². The Morgan fingerprint density at radius 2 is 1.76 bits per heavy atom. The van der Waals surface area contributed by atoms with E-state index in [4.69, 9.17) is 0 Å². The molecule has 1 aromatic heterocycles. The van der Waals surface area contributed by atoms with Crippen LogP contribution in [0.1, 0.15) is 35.1 Å². The zero-order chi connectivity index (χ0) is 20.8. The molecule has 2 aromatic carbocycles. The largest absolute Gasteiger partial charge is 0.420 e. The number of nitrogens with zero attached hydrogens (tertiary/aromatic N) is 1. The van der Waals surface area contributed by atoms with Crippen LogP contribution in [0.2, 0.25) is 0 Å². The van der Waals surface area contributed by atoms with Gasteiger partial charge in [-0.1, -0.05) is 42.5 Å². The Balaban J connectivity index is 1.61. The third kappa shape index (κ3) is 3.78. The maximum absolute atomic E-state index is 14.4. The Bertz CT molecular complexity index is 1050. The van der Waals surface area contributed by atoms with Gasteiger partial charge in [-0.2, -0.15) is 13.2 Å². The molecule has 0 atom stereocenters. The SMILES string of the molecule is Cc1cc(CNc2ncc3ccccc3c2C(F)(F)F)ccc1C(F)(F)C1CC1. The number of hydrogen-bond acceptors (Lipinski definition) is 2. The zero-order valence-corrected chi connectivity index (χ0v) is 15.7. The van der Waals surface area contributed by atoms with Crippen molar-refractivity contribution in [3.8, 4) is 0 Å². The van der Waals surface area contributed by atoms with Gasteiger partial charge >= 0.3 is 6.18 Å². The predicted molar refractivity (Wildman–Crippen MR) is 102 cm³/mol. The second kappa shape index (κ2) is 6.97. The van der Waals surface area contributed by atoms with Gasteiger partial charge in [0.15, 0.2) is 0 Å². The van der Waals surface area contributed by atoms with Crippen LogP contribution in [0.5, 0.6) is 0 Å². The summed E-state index contributed by atoms with van der Waals surface area (Å²) in [5, 5.41) is 3.19. The molecule has 0 aliphatic heterocycles. The third-order valence-corrected chi connectivity index (χ3v) is 5.28. The van der Waals surface area contributed by atoms with E-state index in [-0.39, 0.29) is 23.3 Å². The summed E-state index contributed by atoms with van der Waals surface area (Å²) in [5.74, 6) is -3.75. The Kier molecular flexibility index (Phi) is 4.71. The smallest absolute Gasteiger partial charge is 0.365 e. The lowest BCUT2D eigenvalue weighted by molar-refractivity contribution is -0.135. The van der Waals surface area contributed by atoms with E-state index in [1.807, 2.05) is 0 Å². The van der Waals surface area contributed by atoms with Crippen molar-refractivity contribution in [3.05, 3.63) is 70.9 Å². The summed E-state index contributed by atoms with van der Waals surface area (Å²) in [6.45, 7) is 1.65. The van der Waals surface area contributed by atoms with E-state index in [0.29, 0.717) is 29.4 Å². The number of fused-ring (bicyclic) bond motifs is 1. The number of nitrogens with one attached hydrogen (secondary N) is 1. The first-order valence-electron chi connectivity index (χ1n) is 9.34. The summed E-state index contributed by atoms with van der Waals surface area (Å²) in [7, 11) is 0. The minimum absolute atomic E-state index is 0.0106. The van der Waals surface area contributed by atoms with Crippen molar-refractivity contribution in [1.82, 2.24) is 4.98 Å². The summed E-state index contributed by atoms with van der Waals surface area (Å²) in [6.07, 6.45) is -2.16. The predicted octanol–water partition coefficient (Wildman–Crippen LogP) is 6.68. The topological polar surface area (TPSA) is 24.9 Å². The number of benzene rings is 2. The molecule has 1 heterocycles. The molecule has 0 unspecified atom stereocenters. The van der Waals surface area contributed by atoms with E-state index < -0.39 is 23.6 Å². The van der Waals surface area contributed by atoms with Gasteiger partial charge in [0.25, 0.3) is 5.92 Å². The van der Waals surface area contributed by atoms with Crippen LogP contribution in [-0.4, -0.2) is 4.98 Å². The number of aryl methyl sites for hydroxylation is 1. The molecular formula is C22H19F5N2. The molecule has 0 saturated heterocycles. The molecule has 29 heavy (non-hydrogen) atoms. The Hall–Kier alpha value is -2.70. The number of alkyl halides is 5. The molecule has 3 aromatic rings. The van der Waals surface area contributed by atoms with E-state index in [1.54, 1.807) is 31.2 Å². The van der Waals surface area contributed by atoms with Crippen LogP contribution in [0.4, 0.5) is 27.8 Å². The third-order valence-electron chi connectivity index (χ3n) is 5.28. The lowest BCUT2D eigenvalue weighted by atomic mass is 9.97. The van der Waals surface area contributed by atoms with Gasteiger partial charge < -0.3 is 5.32 Å². The van der Waals surface area contributed by atoms with Crippen molar-refractivity contribution in [2.24, 2.45) is 5.92 Å². The van der Waals surface area contributed by atoms with Crippen molar-refractivity contribution < 1.29 is 22.0 Å². The molecule has 1 aliphatic rings. The number of pyridine rings is 1. The molecule has 1 N–H and O–H groups in total. The average molecular weight is 406 g/mol. The molecule has 4 rings (SSSR count). The minimum Gasteiger partial charge on any atom is -0.365 e. The van der Waals surface area contributed by atoms with Crippen molar-refractivity contribution in [3.63, 3.8) is 0 Å². The molecule has 0 amide bonds. The van der Waals surface area contributed by atoms with Gasteiger partial charge in [-0.15, -0.1) is 0 Å². The fourth-order valence-electron chi connectivity index (χ4n) is 3.65. The van der Waals surface area contributed by atoms with E-state index in [0.717, 1.165) is 0 Å². The Morgan fingerprint density at radius 3 is 2.41 bits per heavy atom. The molecule has 7 heteroatoms. The van der Waals surface area contributed by atoms with E-state index >= 15 is 0 Å². The number of anilines is 1. The van der Waals surface area contributed by atoms with Crippen molar-refractivity contribution in [1.29, 1.82) is 0 Å². The van der Waals surface area contributed by atoms with Gasteiger partial charge in [0.1, 0.15) is 11.4 Å². The first kappa shape index (κ1) is 19.6. The van der Waals surface area contributed by atoms with Gasteiger partial charge in [-0.05, 0) is 36.3 Å². The Morgan fingerprint density at radius 1 is 1.03 bits per heavy atom. The second-order valence-electron chi connectivity index (χ2n) is 7.47. The molecule has 152 valence electrons. The summed E-state index contributed by atoms with van der Waals surface area (Å²) in [6, 6.07) is 10.7. The van der Waals surface area contributed by atoms with Crippen LogP contribution >= 0.6 is 0 Å². The number of rotatable bonds is 5. The molecule has 0 bridgehead atoms. The van der Waals surface area contributed by atoms with Crippen molar-refractivity contribution in [2.45, 2.75) is 38.4 Å². The molecular weight excluding hydrogens is 387 g/mol. The maximum atomic E-state index is 14.4. The lowest BCUT2D eigenvalue weighted by Crippen LogP contribution is -2.18. The summed E-state index contributed by atoms with van der Waals surface area (Å²) in [5.41, 5.74) is 0.206. The molecule has 1 aliphatic carbocycles. The van der Waals surface area contributed by atoms with Crippen molar-refractivity contribution >= 4 is 16.6 Å². The van der Waals surface area contributed by atoms with Crippen LogP contribution in [0.15, 0.2) is 48.7 Å². The number of halogens is 5. The standard InChI is InChI=1S/C22H19F5N2/c1-13-10-14(6-9-18(13)21(23,24)16-7-8-16)11-28-20-19(22(25,26)27)17-5-3-2-4-15(17)12-29-20/h2-6,9-10,12,16H,7-8,11H2,1H3,(H,28,29). The lowest BCUT2D eigenvalue weighted by Gasteiger charge is -2.20. The molecule has 1 fully saturated rings. The van der Waals surface area contributed by atoms with Crippen LogP contribution in [0.25, 0.3) is 10.8 Å². The number of aromatic nitrogens is 1. The zero-order valence-electron chi connectivity index (χ0n) is 15.7. The highest BCUT2D eigenvalue weighted by Gasteiger charge is 2.48. The second-order valence-corrected chi connectivity index (χ2v) is 7.47. The van der Waals surface area contributed by atoms with Crippen LogP contribution in [-0.2, 0) is 18.6 Å². The molecule has 0 spiro atoms. The number of hydrogen-bond donors (Lipinski definition) is 1. The van der Waals surface area contributed by atoms with E-state index in [2.05, 4.69) is 10.3 Å². The molecule has 0 radical (unpaired) electrons. The quantitative estimate of drug-likeness (QED) is 0.478. The summed E-state index contributed by atoms with van der Waals surface area (Å²) in [4.78, 5) is 3.95.